The second-order valence-corrected chi connectivity index (χ2v) is 7.58. The van der Waals surface area contributed by atoms with E-state index in [1.54, 1.807) is 18.2 Å². The summed E-state index contributed by atoms with van der Waals surface area (Å²) in [4.78, 5) is 35.7. The molecule has 11 heteroatoms. The second-order valence-electron chi connectivity index (χ2n) is 5.91. The van der Waals surface area contributed by atoms with Crippen LogP contribution in [0.25, 0.3) is 17.4 Å². The fourth-order valence-electron chi connectivity index (χ4n) is 2.63. The molecule has 1 fully saturated rings. The Bertz CT molecular complexity index is 1060. The highest BCUT2D eigenvalue weighted by Gasteiger charge is 2.38. The molecule has 150 valence electrons. The average Bonchev–Trinajstić information content (AvgIpc) is 3.25. The Balaban J connectivity index is 1.92. The summed E-state index contributed by atoms with van der Waals surface area (Å²) in [6.07, 6.45) is 1.42. The fraction of sp³-hybridized carbons (Fsp3) is 0.167. The molecule has 1 aliphatic rings. The van der Waals surface area contributed by atoms with Gasteiger partial charge in [-0.3, -0.25) is 19.8 Å². The number of hydrogen-bond acceptors (Lipinski definition) is 8. The molecule has 3 rings (SSSR count). The number of methoxy groups -OCH3 is 1. The van der Waals surface area contributed by atoms with Gasteiger partial charge in [0.1, 0.15) is 27.6 Å². The highest BCUT2D eigenvalue weighted by atomic mass is 32.2. The Kier molecular flexibility index (Phi) is 5.71. The summed E-state index contributed by atoms with van der Waals surface area (Å²) in [5, 5.41) is 20.5. The van der Waals surface area contributed by atoms with Crippen LogP contribution in [0.2, 0.25) is 0 Å². The number of aliphatic carboxylic acids is 1. The minimum absolute atomic E-state index is 0.133. The summed E-state index contributed by atoms with van der Waals surface area (Å²) in [7, 11) is 1.41. The van der Waals surface area contributed by atoms with E-state index >= 15 is 0 Å². The second kappa shape index (κ2) is 8.05. The molecule has 1 N–H and O–H groups in total. The van der Waals surface area contributed by atoms with Crippen molar-refractivity contribution in [2.45, 2.75) is 13.0 Å². The first kappa shape index (κ1) is 20.6. The Morgan fingerprint density at radius 2 is 2.14 bits per heavy atom. The van der Waals surface area contributed by atoms with Gasteiger partial charge in [0.15, 0.2) is 0 Å². The van der Waals surface area contributed by atoms with Gasteiger partial charge in [-0.05, 0) is 31.2 Å². The van der Waals surface area contributed by atoms with Crippen LogP contribution < -0.4 is 4.74 Å². The van der Waals surface area contributed by atoms with Crippen LogP contribution in [0.1, 0.15) is 12.7 Å². The minimum Gasteiger partial charge on any atom is -0.497 e. The van der Waals surface area contributed by atoms with Crippen molar-refractivity contribution in [2.24, 2.45) is 0 Å². The largest absolute Gasteiger partial charge is 0.497 e. The van der Waals surface area contributed by atoms with Crippen molar-refractivity contribution in [1.29, 1.82) is 0 Å². The maximum absolute atomic E-state index is 12.5. The van der Waals surface area contributed by atoms with Crippen LogP contribution in [0.15, 0.2) is 39.7 Å². The Hall–Kier alpha value is -3.18. The van der Waals surface area contributed by atoms with Crippen molar-refractivity contribution >= 4 is 51.9 Å². The maximum Gasteiger partial charge on any atom is 0.326 e. The van der Waals surface area contributed by atoms with Crippen LogP contribution in [0.4, 0.5) is 5.69 Å². The standard InChI is InChI=1S/C18H14N2O7S2/c1-9(17(22)23)19-16(21)15(29-18(19)28)8-11-4-6-14(27-11)12-5-3-10(26-2)7-13(12)20(24)25/h3-9H,1-2H3,(H,22,23)/b15-8+/t9-/m1/s1. The quantitative estimate of drug-likeness (QED) is 0.315. The molecule has 1 saturated heterocycles. The van der Waals surface area contributed by atoms with E-state index < -0.39 is 22.8 Å². The zero-order valence-electron chi connectivity index (χ0n) is 15.1. The Morgan fingerprint density at radius 1 is 1.41 bits per heavy atom. The summed E-state index contributed by atoms with van der Waals surface area (Å²) >= 11 is 6.07. The van der Waals surface area contributed by atoms with Crippen LogP contribution in [0.5, 0.6) is 5.75 Å². The fourth-order valence-corrected chi connectivity index (χ4v) is 4.02. The Morgan fingerprint density at radius 3 is 2.76 bits per heavy atom. The molecule has 1 amide bonds. The first-order valence-electron chi connectivity index (χ1n) is 8.15. The normalized spacial score (nSPS) is 16.3. The number of thioether (sulfide) groups is 1. The van der Waals surface area contributed by atoms with E-state index in [-0.39, 0.29) is 32.0 Å². The number of rotatable bonds is 6. The summed E-state index contributed by atoms with van der Waals surface area (Å²) in [6, 6.07) is 6.37. The summed E-state index contributed by atoms with van der Waals surface area (Å²) < 4.78 is 10.8. The number of carbonyl (C=O) groups excluding carboxylic acids is 1. The minimum atomic E-state index is -1.17. The number of thiocarbonyl (C=S) groups is 1. The lowest BCUT2D eigenvalue weighted by Gasteiger charge is -2.18. The van der Waals surface area contributed by atoms with Crippen LogP contribution in [-0.2, 0) is 9.59 Å². The van der Waals surface area contributed by atoms with Gasteiger partial charge < -0.3 is 14.3 Å². The predicted molar refractivity (Wildman–Crippen MR) is 109 cm³/mol. The molecule has 9 nitrogen and oxygen atoms in total. The molecule has 0 radical (unpaired) electrons. The number of carboxylic acid groups (broad SMARTS) is 1. The lowest BCUT2D eigenvalue weighted by molar-refractivity contribution is -0.384. The van der Waals surface area contributed by atoms with Crippen LogP contribution >= 0.6 is 24.0 Å². The number of furan rings is 1. The zero-order chi connectivity index (χ0) is 21.3. The van der Waals surface area contributed by atoms with E-state index in [9.17, 15) is 19.7 Å². The maximum atomic E-state index is 12.5. The average molecular weight is 434 g/mol. The number of hydrogen-bond donors (Lipinski definition) is 1. The molecular weight excluding hydrogens is 420 g/mol. The molecule has 1 aromatic heterocycles. The summed E-state index contributed by atoms with van der Waals surface area (Å²) in [5.74, 6) is -0.866. The molecule has 1 atom stereocenters. The first-order chi connectivity index (χ1) is 13.7. The third kappa shape index (κ3) is 4.00. The number of benzene rings is 1. The van der Waals surface area contributed by atoms with Gasteiger partial charge in [-0.15, -0.1) is 0 Å². The van der Waals surface area contributed by atoms with Crippen molar-refractivity contribution in [1.82, 2.24) is 4.90 Å². The summed E-state index contributed by atoms with van der Waals surface area (Å²) in [6.45, 7) is 1.36. The first-order valence-corrected chi connectivity index (χ1v) is 9.38. The molecule has 0 bridgehead atoms. The highest BCUT2D eigenvalue weighted by Crippen LogP contribution is 2.37. The van der Waals surface area contributed by atoms with Gasteiger partial charge in [-0.2, -0.15) is 0 Å². The van der Waals surface area contributed by atoms with E-state index in [0.29, 0.717) is 5.75 Å². The van der Waals surface area contributed by atoms with Crippen molar-refractivity contribution in [3.05, 3.63) is 51.1 Å². The predicted octanol–water partition coefficient (Wildman–Crippen LogP) is 3.54. The number of carboxylic acids is 1. The Labute approximate surface area is 174 Å². The molecule has 0 aliphatic carbocycles. The van der Waals surface area contributed by atoms with Gasteiger partial charge in [0.2, 0.25) is 0 Å². The van der Waals surface area contributed by atoms with E-state index in [4.69, 9.17) is 26.5 Å². The molecule has 0 saturated carbocycles. The molecular formula is C18H14N2O7S2. The number of nitrogens with zero attached hydrogens (tertiary/aromatic N) is 2. The molecule has 1 aromatic carbocycles. The van der Waals surface area contributed by atoms with Gasteiger partial charge in [0, 0.05) is 6.08 Å². The van der Waals surface area contributed by atoms with Crippen molar-refractivity contribution in [2.75, 3.05) is 7.11 Å². The van der Waals surface area contributed by atoms with E-state index in [0.717, 1.165) is 16.7 Å². The molecule has 1 aliphatic heterocycles. The van der Waals surface area contributed by atoms with Crippen LogP contribution in [-0.4, -0.2) is 44.3 Å². The summed E-state index contributed by atoms with van der Waals surface area (Å²) in [5.41, 5.74) is 0.0642. The molecule has 0 spiro atoms. The van der Waals surface area contributed by atoms with Gasteiger partial charge in [0.25, 0.3) is 11.6 Å². The molecule has 2 aromatic rings. The van der Waals surface area contributed by atoms with Crippen molar-refractivity contribution < 1.29 is 28.8 Å². The molecule has 29 heavy (non-hydrogen) atoms. The van der Waals surface area contributed by atoms with E-state index in [1.165, 1.54) is 32.2 Å². The smallest absolute Gasteiger partial charge is 0.326 e. The molecule has 0 unspecified atom stereocenters. The van der Waals surface area contributed by atoms with Gasteiger partial charge >= 0.3 is 5.97 Å². The van der Waals surface area contributed by atoms with Gasteiger partial charge in [-0.1, -0.05) is 24.0 Å². The van der Waals surface area contributed by atoms with Gasteiger partial charge in [0.05, 0.1) is 28.6 Å². The van der Waals surface area contributed by atoms with Crippen molar-refractivity contribution in [3.8, 4) is 17.1 Å². The lowest BCUT2D eigenvalue weighted by Crippen LogP contribution is -2.41. The number of amides is 1. The monoisotopic (exact) mass is 434 g/mol. The third-order valence-electron chi connectivity index (χ3n) is 4.14. The number of carbonyl (C=O) groups is 2. The molecule has 2 heterocycles. The zero-order valence-corrected chi connectivity index (χ0v) is 16.8. The number of nitro benzene ring substituents is 1. The number of nitro groups is 1. The van der Waals surface area contributed by atoms with E-state index in [1.807, 2.05) is 0 Å². The topological polar surface area (TPSA) is 123 Å². The van der Waals surface area contributed by atoms with Crippen LogP contribution in [0.3, 0.4) is 0 Å². The van der Waals surface area contributed by atoms with Crippen molar-refractivity contribution in [3.63, 3.8) is 0 Å². The van der Waals surface area contributed by atoms with E-state index in [2.05, 4.69) is 0 Å². The SMILES string of the molecule is COc1ccc(-c2ccc(/C=C3/SC(=S)N([C@H](C)C(=O)O)C3=O)o2)c([N+](=O)[O-])c1. The highest BCUT2D eigenvalue weighted by molar-refractivity contribution is 8.26. The van der Waals surface area contributed by atoms with Crippen LogP contribution in [0, 0.1) is 10.1 Å². The number of ether oxygens (including phenoxy) is 1. The van der Waals surface area contributed by atoms with Gasteiger partial charge in [-0.25, -0.2) is 4.79 Å². The lowest BCUT2D eigenvalue weighted by atomic mass is 10.1. The third-order valence-corrected chi connectivity index (χ3v) is 5.47.